The quantitative estimate of drug-likeness (QED) is 0.400. The minimum atomic E-state index is -0.993. The lowest BCUT2D eigenvalue weighted by molar-refractivity contribution is -0.175. The number of hydrogen-bond donors (Lipinski definition) is 1. The molecule has 1 saturated heterocycles. The van der Waals surface area contributed by atoms with Gasteiger partial charge in [0.05, 0.1) is 19.3 Å². The monoisotopic (exact) mass is 408 g/mol. The fourth-order valence-corrected chi connectivity index (χ4v) is 4.39. The Labute approximate surface area is 171 Å². The van der Waals surface area contributed by atoms with Crippen molar-refractivity contribution in [3.63, 3.8) is 0 Å². The highest BCUT2D eigenvalue weighted by molar-refractivity contribution is 7.80. The normalized spacial score (nSPS) is 25.4. The van der Waals surface area contributed by atoms with Gasteiger partial charge in [-0.3, -0.25) is 4.79 Å². The van der Waals surface area contributed by atoms with Gasteiger partial charge < -0.3 is 29.2 Å². The Morgan fingerprint density at radius 2 is 2.14 bits per heavy atom. The first-order valence-corrected chi connectivity index (χ1v) is 10.1. The molecule has 0 spiro atoms. The van der Waals surface area contributed by atoms with E-state index in [4.69, 9.17) is 31.2 Å². The van der Waals surface area contributed by atoms with Gasteiger partial charge in [-0.2, -0.15) is 0 Å². The Hall–Kier alpha value is -2.06. The highest BCUT2D eigenvalue weighted by atomic mass is 32.1. The van der Waals surface area contributed by atoms with Gasteiger partial charge in [-0.05, 0) is 45.5 Å². The van der Waals surface area contributed by atoms with Gasteiger partial charge in [0.1, 0.15) is 5.92 Å². The van der Waals surface area contributed by atoms with Gasteiger partial charge in [0, 0.05) is 25.8 Å². The maximum absolute atomic E-state index is 13.0. The third-order valence-corrected chi connectivity index (χ3v) is 5.53. The second-order valence-corrected chi connectivity index (χ2v) is 7.31. The maximum Gasteiger partial charge on any atom is 0.317 e. The van der Waals surface area contributed by atoms with E-state index in [-0.39, 0.29) is 12.0 Å². The van der Waals surface area contributed by atoms with Crippen LogP contribution in [0.4, 0.5) is 0 Å². The minimum absolute atomic E-state index is 0.304. The third kappa shape index (κ3) is 3.51. The summed E-state index contributed by atoms with van der Waals surface area (Å²) in [5, 5.41) is 3.90. The topological polar surface area (TPSA) is 69.3 Å². The zero-order valence-corrected chi connectivity index (χ0v) is 17.6. The third-order valence-electron chi connectivity index (χ3n) is 5.19. The summed E-state index contributed by atoms with van der Waals surface area (Å²) >= 11 is 5.63. The molecule has 0 unspecified atom stereocenters. The van der Waals surface area contributed by atoms with Crippen molar-refractivity contribution in [3.8, 4) is 11.5 Å². The second kappa shape index (κ2) is 8.53. The van der Waals surface area contributed by atoms with E-state index in [0.717, 1.165) is 12.0 Å². The number of fused-ring (bicyclic) bond motifs is 4. The van der Waals surface area contributed by atoms with E-state index >= 15 is 0 Å². The van der Waals surface area contributed by atoms with Crippen molar-refractivity contribution < 1.29 is 23.7 Å². The molecule has 2 bridgehead atoms. The van der Waals surface area contributed by atoms with Gasteiger partial charge in [0.15, 0.2) is 22.3 Å². The Bertz CT molecular complexity index is 743. The Morgan fingerprint density at radius 1 is 1.36 bits per heavy atom. The van der Waals surface area contributed by atoms with E-state index in [1.54, 1.807) is 14.0 Å². The van der Waals surface area contributed by atoms with Crippen LogP contribution in [0.5, 0.6) is 11.5 Å². The molecule has 0 aromatic heterocycles. The highest BCUT2D eigenvalue weighted by Crippen LogP contribution is 2.51. The number of methoxy groups -OCH3 is 1. The van der Waals surface area contributed by atoms with Crippen LogP contribution < -0.4 is 14.8 Å². The summed E-state index contributed by atoms with van der Waals surface area (Å²) in [4.78, 5) is 14.9. The fraction of sp³-hybridized carbons (Fsp3) is 0.600. The molecule has 0 amide bonds. The number of rotatable bonds is 8. The molecule has 1 aromatic carbocycles. The lowest BCUT2D eigenvalue weighted by atomic mass is 9.79. The summed E-state index contributed by atoms with van der Waals surface area (Å²) < 4.78 is 22.9. The fourth-order valence-electron chi connectivity index (χ4n) is 3.99. The number of nitrogens with one attached hydrogen (secondary N) is 1. The van der Waals surface area contributed by atoms with Crippen LogP contribution in [-0.2, 0) is 14.3 Å². The molecule has 7 nitrogen and oxygen atoms in total. The van der Waals surface area contributed by atoms with E-state index in [2.05, 4.69) is 5.32 Å². The average molecular weight is 409 g/mol. The molecule has 0 aliphatic carbocycles. The predicted octanol–water partition coefficient (Wildman–Crippen LogP) is 2.64. The molecule has 2 aliphatic rings. The first-order valence-electron chi connectivity index (χ1n) is 9.66. The molecular weight excluding hydrogens is 380 g/mol. The van der Waals surface area contributed by atoms with Crippen LogP contribution in [0.2, 0.25) is 0 Å². The van der Waals surface area contributed by atoms with Crippen molar-refractivity contribution in [2.45, 2.75) is 39.0 Å². The standard InChI is InChI=1S/C20H28N2O5S/c1-5-25-14-10-7-9-13-16-15(18(23)26-6-2)20(3,27-17(13)14)22(19(28)21-16)11-8-12-24-4/h7,9-10,15-16H,5-6,8,11-12H2,1-4H3,(H,21,28)/t15-,16-,20-/m1/s1. The molecule has 1 fully saturated rings. The number of nitrogens with zero attached hydrogens (tertiary/aromatic N) is 1. The van der Waals surface area contributed by atoms with E-state index in [9.17, 15) is 4.79 Å². The molecule has 0 saturated carbocycles. The van der Waals surface area contributed by atoms with Gasteiger partial charge in [0.2, 0.25) is 0 Å². The lowest BCUT2D eigenvalue weighted by Crippen LogP contribution is -2.71. The van der Waals surface area contributed by atoms with Gasteiger partial charge in [-0.1, -0.05) is 12.1 Å². The highest BCUT2D eigenvalue weighted by Gasteiger charge is 2.59. The maximum atomic E-state index is 13.0. The van der Waals surface area contributed by atoms with Gasteiger partial charge in [-0.15, -0.1) is 0 Å². The van der Waals surface area contributed by atoms with Crippen LogP contribution in [0.15, 0.2) is 18.2 Å². The average Bonchev–Trinajstić information content (AvgIpc) is 2.65. The van der Waals surface area contributed by atoms with E-state index in [1.165, 1.54) is 0 Å². The molecule has 2 aliphatic heterocycles. The molecule has 2 heterocycles. The van der Waals surface area contributed by atoms with Crippen molar-refractivity contribution in [3.05, 3.63) is 23.8 Å². The number of benzene rings is 1. The number of carbonyl (C=O) groups is 1. The molecule has 3 rings (SSSR count). The minimum Gasteiger partial charge on any atom is -0.490 e. The van der Waals surface area contributed by atoms with Gasteiger partial charge >= 0.3 is 5.97 Å². The molecule has 8 heteroatoms. The molecule has 28 heavy (non-hydrogen) atoms. The number of carbonyl (C=O) groups excluding carboxylic acids is 1. The number of para-hydroxylation sites is 1. The van der Waals surface area contributed by atoms with Gasteiger partial charge in [0.25, 0.3) is 0 Å². The largest absolute Gasteiger partial charge is 0.490 e. The number of ether oxygens (including phenoxy) is 4. The molecular formula is C20H28N2O5S. The van der Waals surface area contributed by atoms with Crippen molar-refractivity contribution in [2.75, 3.05) is 33.5 Å². The summed E-state index contributed by atoms with van der Waals surface area (Å²) in [7, 11) is 1.66. The lowest BCUT2D eigenvalue weighted by Gasteiger charge is -2.55. The molecule has 1 aromatic rings. The van der Waals surface area contributed by atoms with Crippen molar-refractivity contribution in [2.24, 2.45) is 5.92 Å². The van der Waals surface area contributed by atoms with Crippen LogP contribution in [0, 0.1) is 5.92 Å². The van der Waals surface area contributed by atoms with Gasteiger partial charge in [-0.25, -0.2) is 0 Å². The summed E-state index contributed by atoms with van der Waals surface area (Å²) in [5.74, 6) is 0.411. The van der Waals surface area contributed by atoms with E-state index in [0.29, 0.717) is 43.0 Å². The molecule has 1 N–H and O–H groups in total. The number of hydrogen-bond acceptors (Lipinski definition) is 6. The number of esters is 1. The number of thiocarbonyl (C=S) groups is 1. The van der Waals surface area contributed by atoms with Crippen LogP contribution in [0.3, 0.4) is 0 Å². The van der Waals surface area contributed by atoms with Crippen molar-refractivity contribution >= 4 is 23.3 Å². The summed E-state index contributed by atoms with van der Waals surface area (Å²) in [6, 6.07) is 5.36. The predicted molar refractivity (Wildman–Crippen MR) is 108 cm³/mol. The van der Waals surface area contributed by atoms with Crippen LogP contribution in [-0.4, -0.2) is 55.2 Å². The zero-order chi connectivity index (χ0) is 20.3. The first-order chi connectivity index (χ1) is 13.5. The van der Waals surface area contributed by atoms with Crippen LogP contribution in [0.25, 0.3) is 0 Å². The zero-order valence-electron chi connectivity index (χ0n) is 16.8. The van der Waals surface area contributed by atoms with Crippen LogP contribution in [0.1, 0.15) is 38.8 Å². The van der Waals surface area contributed by atoms with Crippen molar-refractivity contribution in [1.82, 2.24) is 10.2 Å². The second-order valence-electron chi connectivity index (χ2n) is 6.92. The Morgan fingerprint density at radius 3 is 2.82 bits per heavy atom. The molecule has 3 atom stereocenters. The Kier molecular flexibility index (Phi) is 6.30. The Balaban J connectivity index is 2.07. The smallest absolute Gasteiger partial charge is 0.317 e. The SMILES string of the molecule is CCOC(=O)[C@H]1[C@@H]2NC(=S)N(CCCOC)[C@]1(C)Oc1c(OCC)cccc12. The van der Waals surface area contributed by atoms with E-state index in [1.807, 2.05) is 36.9 Å². The summed E-state index contributed by atoms with van der Waals surface area (Å²) in [6.07, 6.45) is 0.747. The first kappa shape index (κ1) is 20.7. The van der Waals surface area contributed by atoms with E-state index < -0.39 is 11.6 Å². The van der Waals surface area contributed by atoms with Crippen LogP contribution >= 0.6 is 12.2 Å². The molecule has 0 radical (unpaired) electrons. The molecule has 154 valence electrons. The van der Waals surface area contributed by atoms with Crippen molar-refractivity contribution in [1.29, 1.82) is 0 Å². The summed E-state index contributed by atoms with van der Waals surface area (Å²) in [6.45, 7) is 7.62. The summed E-state index contributed by atoms with van der Waals surface area (Å²) in [5.41, 5.74) is -0.145.